The third-order valence-corrected chi connectivity index (χ3v) is 23.0. The first-order valence-corrected chi connectivity index (χ1v) is 45.9. The van der Waals surface area contributed by atoms with Crippen LogP contribution in [0.2, 0.25) is 0 Å². The monoisotopic (exact) mass is 1890 g/mol. The maximum absolute atomic E-state index is 12.8. The van der Waals surface area contributed by atoms with Crippen molar-refractivity contribution in [1.29, 1.82) is 0 Å². The lowest BCUT2D eigenvalue weighted by Gasteiger charge is -2.16. The second-order valence-electron chi connectivity index (χ2n) is 29.3. The number of nitrogens with one attached hydrogen (secondary N) is 4. The van der Waals surface area contributed by atoms with Gasteiger partial charge >= 0.3 is 0 Å². The van der Waals surface area contributed by atoms with E-state index in [1.54, 1.807) is 166 Å². The van der Waals surface area contributed by atoms with Crippen molar-refractivity contribution in [1.82, 2.24) is 29.9 Å². The van der Waals surface area contributed by atoms with Crippen LogP contribution in [-0.2, 0) is 67.5 Å². The molecular formula is C90H80N26O15S4. The minimum atomic E-state index is -4.85. The predicted octanol–water partition coefficient (Wildman–Crippen LogP) is 23.1. The van der Waals surface area contributed by atoms with E-state index in [1.807, 2.05) is 25.1 Å². The molecule has 0 bridgehead atoms. The third kappa shape index (κ3) is 26.0. The smallest absolute Gasteiger partial charge is 0.296 e. The molecule has 45 heteroatoms. The summed E-state index contributed by atoms with van der Waals surface area (Å²) in [6.07, 6.45) is 0.110. The Morgan fingerprint density at radius 1 is 0.319 bits per heavy atom. The Labute approximate surface area is 774 Å². The van der Waals surface area contributed by atoms with Crippen LogP contribution in [0.15, 0.2) is 344 Å². The number of ether oxygens (including phenoxy) is 2. The van der Waals surface area contributed by atoms with Crippen molar-refractivity contribution in [2.24, 2.45) is 81.8 Å². The van der Waals surface area contributed by atoms with Crippen molar-refractivity contribution in [3.8, 4) is 11.5 Å². The van der Waals surface area contributed by atoms with Crippen molar-refractivity contribution >= 4 is 168 Å². The van der Waals surface area contributed by atoms with Crippen LogP contribution in [-0.4, -0.2) is 115 Å². The molecule has 0 aliphatic heterocycles. The van der Waals surface area contributed by atoms with Crippen LogP contribution in [0.25, 0.3) is 0 Å². The van der Waals surface area contributed by atoms with Gasteiger partial charge in [0.05, 0.1) is 127 Å². The molecule has 1 unspecified atom stereocenters. The summed E-state index contributed by atoms with van der Waals surface area (Å²) in [6.45, 7) is 6.45. The minimum absolute atomic E-state index is 0.00705. The van der Waals surface area contributed by atoms with Gasteiger partial charge in [-0.3, -0.25) is 13.7 Å². The molecule has 135 heavy (non-hydrogen) atoms. The molecule has 14 aromatic rings. The summed E-state index contributed by atoms with van der Waals surface area (Å²) in [5, 5.41) is 104. The van der Waals surface area contributed by atoms with Gasteiger partial charge in [-0.15, -0.1) is 10.2 Å². The molecule has 684 valence electrons. The third-order valence-electron chi connectivity index (χ3n) is 19.7. The number of nitrogens with zero attached hydrogens (tertiary/aromatic N) is 22. The molecule has 41 nitrogen and oxygen atoms in total. The van der Waals surface area contributed by atoms with Gasteiger partial charge in [-0.1, -0.05) is 42.5 Å². The van der Waals surface area contributed by atoms with E-state index < -0.39 is 59.5 Å². The highest BCUT2D eigenvalue weighted by molar-refractivity contribution is 7.86. The molecule has 0 radical (unpaired) electrons. The van der Waals surface area contributed by atoms with E-state index in [0.29, 0.717) is 130 Å². The lowest BCUT2D eigenvalue weighted by molar-refractivity contribution is 0.280. The zero-order valence-electron chi connectivity index (χ0n) is 72.2. The number of hydrogen-bond acceptors (Lipinski definition) is 37. The molecule has 0 aliphatic rings. The van der Waals surface area contributed by atoms with Gasteiger partial charge in [0.15, 0.2) is 11.1 Å². The summed E-state index contributed by atoms with van der Waals surface area (Å²) < 4.78 is 136. The van der Waals surface area contributed by atoms with Gasteiger partial charge in [-0.2, -0.15) is 122 Å². The number of aliphatic hydroxyl groups excluding tert-OH is 2. The SMILES string of the molecule is COc1cc(N=Nc2ccc(N=Nc3ccccc3)cc2S(=O)(=O)O)c(C)cc1Cc1nc(Cc2cc(C)c(N=Nc3ccc(N=Nc4ccc(S(=O)(=O)O)cc4)cc3)cc2CO)nc(NCCNc2nc(Nc3cc(C)c(N=Nc4ccc(N=Nc5ccc(S(=O)(=O)O)cc5)cc4)cc3CO)nc(Nc3cc(C)c(N=Nc4ccc(N=Nc5ccccc5)cc4S(=O)O)cc3OC)n2)n1. The van der Waals surface area contributed by atoms with Gasteiger partial charge in [0.25, 0.3) is 30.4 Å². The molecule has 1 atom stereocenters. The number of methoxy groups -OCH3 is 2. The highest BCUT2D eigenvalue weighted by Gasteiger charge is 2.23. The molecule has 10 N–H and O–H groups in total. The number of anilines is 6. The Hall–Kier alpha value is -16.0. The number of rotatable bonds is 37. The highest BCUT2D eigenvalue weighted by atomic mass is 32.2. The normalized spacial score (nSPS) is 12.4. The van der Waals surface area contributed by atoms with E-state index in [4.69, 9.17) is 39.4 Å². The fraction of sp³-hybridized carbons (Fsp3) is 0.133. The quantitative estimate of drug-likeness (QED) is 0.00748. The molecule has 2 heterocycles. The lowest BCUT2D eigenvalue weighted by atomic mass is 10.00. The molecule has 0 amide bonds. The first kappa shape index (κ1) is 95.1. The van der Waals surface area contributed by atoms with E-state index in [1.165, 1.54) is 87.0 Å². The molecule has 0 saturated heterocycles. The van der Waals surface area contributed by atoms with Gasteiger partial charge in [0, 0.05) is 54.9 Å². The molecule has 14 rings (SSSR count). The van der Waals surface area contributed by atoms with Gasteiger partial charge in [0.2, 0.25) is 23.8 Å². The van der Waals surface area contributed by atoms with Crippen molar-refractivity contribution in [2.75, 3.05) is 48.6 Å². The largest absolute Gasteiger partial charge is 0.496 e. The van der Waals surface area contributed by atoms with Crippen LogP contribution < -0.4 is 30.7 Å². The number of hydrogen-bond donors (Lipinski definition) is 10. The molecule has 2 aromatic heterocycles. The van der Waals surface area contributed by atoms with Crippen LogP contribution >= 0.6 is 0 Å². The average Bonchev–Trinajstić information content (AvgIpc) is 0.811. The lowest BCUT2D eigenvalue weighted by Crippen LogP contribution is -2.19. The standard InChI is InChI=1S/C90H80N26O15S4/c1-53-39-57(59(51-117)43-75(53)113-107-65-21-17-63(18-22-65)103-105-67-25-31-71(32-26-67)133(121,122)123)45-85-95-86(46-58-40-54(2)77(49-81(58)130-5)116-112-74-36-30-70(48-84(74)135(127,128)129)110-102-62-15-11-8-12-16-62)97-87(96-85)91-37-38-92-88-98-89(93-79-41-55(3)76(44-60(79)52-118)114-108-66-23-19-64(20-24-66)104-106-68-27-33-72(34-28-68)134(124,125)126)100-90(99-88)94-80-42-56(4)78(50-82(80)131-6)115-111-73-35-29-69(47-83(73)132(119)120)109-101-61-13-9-7-10-14-61/h7-36,39-44,47-50,117-118H,37-38,45-46,51-52H2,1-6H3,(H,119,120)(H,121,122,123)(H,124,125,126)(H,127,128,129)(H,91,95,96,97)(H3,92,93,94,98,99,100). The summed E-state index contributed by atoms with van der Waals surface area (Å²) in [6, 6.07) is 63.5. The van der Waals surface area contributed by atoms with E-state index in [0.717, 1.165) is 6.07 Å². The van der Waals surface area contributed by atoms with E-state index in [-0.39, 0.29) is 105 Å². The summed E-state index contributed by atoms with van der Waals surface area (Å²) in [4.78, 5) is 28.0. The van der Waals surface area contributed by atoms with Crippen LogP contribution in [0.4, 0.5) is 126 Å². The second-order valence-corrected chi connectivity index (χ2v) is 34.5. The zero-order valence-corrected chi connectivity index (χ0v) is 75.4. The Balaban J connectivity index is 0.746. The summed E-state index contributed by atoms with van der Waals surface area (Å²) in [7, 11) is -10.7. The predicted molar refractivity (Wildman–Crippen MR) is 502 cm³/mol. The molecule has 0 aliphatic carbocycles. The molecule has 0 fully saturated rings. The van der Waals surface area contributed by atoms with Crippen LogP contribution in [0, 0.1) is 27.7 Å². The number of aryl methyl sites for hydroxylation is 4. The maximum atomic E-state index is 12.8. The molecule has 12 aromatic carbocycles. The fourth-order valence-corrected chi connectivity index (χ4v) is 14.9. The molecule has 0 spiro atoms. The Bertz CT molecular complexity index is 7400. The first-order chi connectivity index (χ1) is 64.9. The Morgan fingerprint density at radius 3 is 1.11 bits per heavy atom. The zero-order chi connectivity index (χ0) is 95.3. The van der Waals surface area contributed by atoms with Crippen molar-refractivity contribution in [3.63, 3.8) is 0 Å². The van der Waals surface area contributed by atoms with Crippen molar-refractivity contribution < 1.29 is 67.4 Å². The molecular weight excluding hydrogens is 1810 g/mol. The summed E-state index contributed by atoms with van der Waals surface area (Å²) >= 11 is -2.50. The van der Waals surface area contributed by atoms with Crippen LogP contribution in [0.5, 0.6) is 11.5 Å². The number of aromatic nitrogens is 6. The number of benzene rings is 12. The van der Waals surface area contributed by atoms with Crippen LogP contribution in [0.1, 0.15) is 56.2 Å². The number of azo groups is 8. The minimum Gasteiger partial charge on any atom is -0.496 e. The Morgan fingerprint density at radius 2 is 0.659 bits per heavy atom. The van der Waals surface area contributed by atoms with E-state index >= 15 is 0 Å². The van der Waals surface area contributed by atoms with Crippen molar-refractivity contribution in [3.05, 3.63) is 299 Å². The van der Waals surface area contributed by atoms with Crippen molar-refractivity contribution in [2.45, 2.75) is 73.3 Å². The van der Waals surface area contributed by atoms with Gasteiger partial charge < -0.3 is 45.5 Å². The highest BCUT2D eigenvalue weighted by Crippen LogP contribution is 2.41. The summed E-state index contributed by atoms with van der Waals surface area (Å²) in [5.74, 6) is 1.27. The van der Waals surface area contributed by atoms with Gasteiger partial charge in [-0.25, -0.2) is 9.19 Å². The maximum Gasteiger partial charge on any atom is 0.296 e. The van der Waals surface area contributed by atoms with E-state index in [9.17, 15) is 57.9 Å². The van der Waals surface area contributed by atoms with Gasteiger partial charge in [0.1, 0.15) is 39.4 Å². The topological polar surface area (TPSA) is 583 Å². The Kier molecular flexibility index (Phi) is 30.6. The van der Waals surface area contributed by atoms with Crippen LogP contribution in [0.3, 0.4) is 0 Å². The van der Waals surface area contributed by atoms with Gasteiger partial charge in [-0.05, 0) is 249 Å². The molecule has 0 saturated carbocycles. The average molecular weight is 1890 g/mol. The fourth-order valence-electron chi connectivity index (χ4n) is 12.8. The number of aliphatic hydroxyl groups is 2. The first-order valence-electron chi connectivity index (χ1n) is 40.5. The van der Waals surface area contributed by atoms with E-state index in [2.05, 4.69) is 103 Å². The summed E-state index contributed by atoms with van der Waals surface area (Å²) in [5.41, 5.74) is 10.7. The second kappa shape index (κ2) is 43.4.